The Morgan fingerprint density at radius 1 is 1.16 bits per heavy atom. The van der Waals surface area contributed by atoms with Gasteiger partial charge < -0.3 is 20.4 Å². The van der Waals surface area contributed by atoms with E-state index in [1.807, 2.05) is 25.1 Å². The molecule has 0 radical (unpaired) electrons. The fourth-order valence-electron chi connectivity index (χ4n) is 4.30. The summed E-state index contributed by atoms with van der Waals surface area (Å²) in [7, 11) is 0. The summed E-state index contributed by atoms with van der Waals surface area (Å²) < 4.78 is 13.3. The number of urea groups is 1. The number of halogens is 1. The van der Waals surface area contributed by atoms with Gasteiger partial charge in [-0.2, -0.15) is 0 Å². The van der Waals surface area contributed by atoms with Gasteiger partial charge in [0.05, 0.1) is 12.6 Å². The van der Waals surface area contributed by atoms with Crippen molar-refractivity contribution < 1.29 is 18.8 Å². The number of carbonyl (C=O) groups is 3. The molecule has 1 saturated heterocycles. The topological polar surface area (TPSA) is 81.8 Å². The molecule has 2 aromatic carbocycles. The maximum atomic E-state index is 13.3. The first-order chi connectivity index (χ1) is 15.3. The van der Waals surface area contributed by atoms with E-state index in [9.17, 15) is 18.8 Å². The molecule has 0 saturated carbocycles. The first-order valence-electron chi connectivity index (χ1n) is 10.9. The number of nitrogens with one attached hydrogen (secondary N) is 2. The summed E-state index contributed by atoms with van der Waals surface area (Å²) in [5.74, 6) is -0.770. The summed E-state index contributed by atoms with van der Waals surface area (Å²) in [6.07, 6.45) is 1.27. The molecule has 4 amide bonds. The molecule has 7 nitrogen and oxygen atoms in total. The van der Waals surface area contributed by atoms with Crippen LogP contribution in [0.4, 0.5) is 14.9 Å². The molecule has 168 valence electrons. The zero-order valence-electron chi connectivity index (χ0n) is 18.2. The maximum absolute atomic E-state index is 13.3. The fourth-order valence-corrected chi connectivity index (χ4v) is 4.30. The summed E-state index contributed by atoms with van der Waals surface area (Å²) in [6, 6.07) is 11.4. The Hall–Kier alpha value is -3.42. The molecule has 4 rings (SSSR count). The number of nitrogens with zero attached hydrogens (tertiary/aromatic N) is 2. The Bertz CT molecular complexity index is 1030. The summed E-state index contributed by atoms with van der Waals surface area (Å²) >= 11 is 0. The lowest BCUT2D eigenvalue weighted by Crippen LogP contribution is -2.57. The molecule has 0 bridgehead atoms. The van der Waals surface area contributed by atoms with Crippen LogP contribution in [0.1, 0.15) is 43.9 Å². The van der Waals surface area contributed by atoms with Crippen molar-refractivity contribution in [1.29, 1.82) is 0 Å². The van der Waals surface area contributed by atoms with E-state index in [1.165, 1.54) is 17.0 Å². The van der Waals surface area contributed by atoms with Crippen molar-refractivity contribution in [3.63, 3.8) is 0 Å². The number of hydrogen-bond acceptors (Lipinski definition) is 3. The van der Waals surface area contributed by atoms with Gasteiger partial charge in [0, 0.05) is 12.2 Å². The van der Waals surface area contributed by atoms with Crippen LogP contribution in [-0.4, -0.2) is 46.3 Å². The lowest BCUT2D eigenvalue weighted by Gasteiger charge is -2.38. The molecular weight excluding hydrogens is 411 g/mol. The highest BCUT2D eigenvalue weighted by Gasteiger charge is 2.36. The van der Waals surface area contributed by atoms with E-state index in [2.05, 4.69) is 10.6 Å². The highest BCUT2D eigenvalue weighted by atomic mass is 19.1. The lowest BCUT2D eigenvalue weighted by atomic mass is 9.99. The molecule has 0 spiro atoms. The molecule has 32 heavy (non-hydrogen) atoms. The standard InChI is InChI=1S/C24H27FN4O3/c1-15(17-9-11-19(25)12-10-17)28-13-5-8-21(23(28)31)27-24(32)29-14-18-6-3-4-7-20(18)26-22(30)16(29)2/h3-4,6-7,9-12,15-16,21H,5,8,13-14H2,1-2H3,(H,26,30)(H,27,32). The van der Waals surface area contributed by atoms with Gasteiger partial charge in [-0.25, -0.2) is 9.18 Å². The van der Waals surface area contributed by atoms with Gasteiger partial charge in [0.2, 0.25) is 11.8 Å². The van der Waals surface area contributed by atoms with Crippen LogP contribution < -0.4 is 10.6 Å². The number of fused-ring (bicyclic) bond motifs is 1. The number of hydrogen-bond donors (Lipinski definition) is 2. The molecule has 1 fully saturated rings. The van der Waals surface area contributed by atoms with Gasteiger partial charge >= 0.3 is 6.03 Å². The second-order valence-corrected chi connectivity index (χ2v) is 8.35. The van der Waals surface area contributed by atoms with Gasteiger partial charge in [0.1, 0.15) is 17.9 Å². The van der Waals surface area contributed by atoms with Gasteiger partial charge in [0.15, 0.2) is 0 Å². The van der Waals surface area contributed by atoms with Crippen molar-refractivity contribution in [2.24, 2.45) is 0 Å². The average molecular weight is 439 g/mol. The van der Waals surface area contributed by atoms with E-state index < -0.39 is 18.1 Å². The molecular formula is C24H27FN4O3. The van der Waals surface area contributed by atoms with Crippen LogP contribution in [0, 0.1) is 5.82 Å². The molecule has 2 N–H and O–H groups in total. The third-order valence-corrected chi connectivity index (χ3v) is 6.31. The van der Waals surface area contributed by atoms with Crippen LogP contribution in [0.3, 0.4) is 0 Å². The Morgan fingerprint density at radius 3 is 2.62 bits per heavy atom. The molecule has 0 aliphatic carbocycles. The van der Waals surface area contributed by atoms with Gasteiger partial charge in [-0.15, -0.1) is 0 Å². The molecule has 3 unspecified atom stereocenters. The first kappa shape index (κ1) is 21.8. The van der Waals surface area contributed by atoms with Gasteiger partial charge in [-0.05, 0) is 56.0 Å². The van der Waals surface area contributed by atoms with E-state index in [4.69, 9.17) is 0 Å². The number of rotatable bonds is 3. The number of para-hydroxylation sites is 1. The van der Waals surface area contributed by atoms with Gasteiger partial charge in [0.25, 0.3) is 0 Å². The third-order valence-electron chi connectivity index (χ3n) is 6.31. The monoisotopic (exact) mass is 438 g/mol. The van der Waals surface area contributed by atoms with Crippen LogP contribution >= 0.6 is 0 Å². The molecule has 2 aliphatic rings. The van der Waals surface area contributed by atoms with Crippen molar-refractivity contribution in [2.75, 3.05) is 11.9 Å². The Morgan fingerprint density at radius 2 is 1.88 bits per heavy atom. The van der Waals surface area contributed by atoms with Crippen molar-refractivity contribution >= 4 is 23.5 Å². The van der Waals surface area contributed by atoms with Crippen LogP contribution in [0.5, 0.6) is 0 Å². The number of amides is 4. The summed E-state index contributed by atoms with van der Waals surface area (Å²) in [4.78, 5) is 42.0. The lowest BCUT2D eigenvalue weighted by molar-refractivity contribution is -0.138. The highest BCUT2D eigenvalue weighted by molar-refractivity contribution is 5.99. The second kappa shape index (κ2) is 8.98. The number of likely N-dealkylation sites (tertiary alicyclic amines) is 1. The summed E-state index contributed by atoms with van der Waals surface area (Å²) in [5, 5.41) is 5.70. The van der Waals surface area contributed by atoms with Crippen LogP contribution in [0.15, 0.2) is 48.5 Å². The number of carbonyl (C=O) groups excluding carboxylic acids is 3. The minimum absolute atomic E-state index is 0.172. The third kappa shape index (κ3) is 4.30. The van der Waals surface area contributed by atoms with Crippen molar-refractivity contribution in [3.8, 4) is 0 Å². The minimum atomic E-state index is -0.685. The van der Waals surface area contributed by atoms with Gasteiger partial charge in [-0.1, -0.05) is 30.3 Å². The van der Waals surface area contributed by atoms with Crippen LogP contribution in [0.25, 0.3) is 0 Å². The minimum Gasteiger partial charge on any atom is -0.334 e. The molecule has 8 heteroatoms. The predicted octanol–water partition coefficient (Wildman–Crippen LogP) is 3.43. The molecule has 2 heterocycles. The summed E-state index contributed by atoms with van der Waals surface area (Å²) in [6.45, 7) is 4.40. The van der Waals surface area contributed by atoms with Crippen LogP contribution in [0.2, 0.25) is 0 Å². The highest BCUT2D eigenvalue weighted by Crippen LogP contribution is 2.27. The first-order valence-corrected chi connectivity index (χ1v) is 10.9. The van der Waals surface area contributed by atoms with E-state index in [-0.39, 0.29) is 30.2 Å². The molecule has 3 atom stereocenters. The Balaban J connectivity index is 1.48. The van der Waals surface area contributed by atoms with Crippen molar-refractivity contribution in [1.82, 2.24) is 15.1 Å². The zero-order valence-corrected chi connectivity index (χ0v) is 18.2. The van der Waals surface area contributed by atoms with E-state index >= 15 is 0 Å². The normalized spacial score (nSPS) is 22.0. The van der Waals surface area contributed by atoms with E-state index in [0.717, 1.165) is 17.5 Å². The maximum Gasteiger partial charge on any atom is 0.319 e. The SMILES string of the molecule is CC1C(=O)Nc2ccccc2CN1C(=O)NC1CCCN(C(C)c2ccc(F)cc2)C1=O. The fraction of sp³-hybridized carbons (Fsp3) is 0.375. The quantitative estimate of drug-likeness (QED) is 0.770. The largest absolute Gasteiger partial charge is 0.334 e. The van der Waals surface area contributed by atoms with Crippen LogP contribution in [-0.2, 0) is 16.1 Å². The smallest absolute Gasteiger partial charge is 0.319 e. The van der Waals surface area contributed by atoms with E-state index in [1.54, 1.807) is 30.0 Å². The van der Waals surface area contributed by atoms with Crippen molar-refractivity contribution in [2.45, 2.75) is 51.4 Å². The Labute approximate surface area is 186 Å². The average Bonchev–Trinajstić information content (AvgIpc) is 2.91. The summed E-state index contributed by atoms with van der Waals surface area (Å²) in [5.41, 5.74) is 2.36. The van der Waals surface area contributed by atoms with Crippen molar-refractivity contribution in [3.05, 3.63) is 65.5 Å². The molecule has 2 aromatic rings. The number of piperidine rings is 1. The zero-order chi connectivity index (χ0) is 22.8. The van der Waals surface area contributed by atoms with Gasteiger partial charge in [-0.3, -0.25) is 9.59 Å². The number of anilines is 1. The second-order valence-electron chi connectivity index (χ2n) is 8.35. The van der Waals surface area contributed by atoms with E-state index in [0.29, 0.717) is 18.7 Å². The predicted molar refractivity (Wildman–Crippen MR) is 118 cm³/mol. The molecule has 0 aromatic heterocycles. The Kier molecular flexibility index (Phi) is 6.12. The number of benzene rings is 2. The molecule has 2 aliphatic heterocycles.